The standard InChI is InChI=1S/C18H19N5O3S/c24-16(19-12-13-4-2-1-3-5-13)14-6-8-21(9-7-14)15-17(23(25)26)22-10-11-27-18(22)20-15/h1-5,10-11,14H,6-9,12H2,(H,19,24). The molecule has 1 fully saturated rings. The maximum Gasteiger partial charge on any atom is 0.373 e. The van der Waals surface area contributed by atoms with Crippen molar-refractivity contribution in [2.75, 3.05) is 18.0 Å². The van der Waals surface area contributed by atoms with Crippen molar-refractivity contribution in [3.63, 3.8) is 0 Å². The van der Waals surface area contributed by atoms with Gasteiger partial charge in [-0.2, -0.15) is 9.38 Å². The molecule has 1 saturated heterocycles. The topological polar surface area (TPSA) is 92.8 Å². The first-order valence-corrected chi connectivity index (χ1v) is 9.68. The Hall–Kier alpha value is -2.94. The van der Waals surface area contributed by atoms with Crippen LogP contribution >= 0.6 is 11.3 Å². The van der Waals surface area contributed by atoms with E-state index in [2.05, 4.69) is 10.3 Å². The highest BCUT2D eigenvalue weighted by Crippen LogP contribution is 2.33. The lowest BCUT2D eigenvalue weighted by Gasteiger charge is -2.31. The number of nitro groups is 1. The highest BCUT2D eigenvalue weighted by Gasteiger charge is 2.32. The molecule has 3 heterocycles. The number of carbonyl (C=O) groups excluding carboxylic acids is 1. The van der Waals surface area contributed by atoms with Crippen molar-refractivity contribution in [3.05, 3.63) is 57.6 Å². The number of hydrogen-bond acceptors (Lipinski definition) is 6. The van der Waals surface area contributed by atoms with E-state index in [1.807, 2.05) is 35.2 Å². The molecule has 0 radical (unpaired) electrons. The van der Waals surface area contributed by atoms with Crippen molar-refractivity contribution in [3.8, 4) is 0 Å². The SMILES string of the molecule is O=C(NCc1ccccc1)C1CCN(c2nc3sccn3c2[N+](=O)[O-])CC1. The van der Waals surface area contributed by atoms with Gasteiger partial charge in [0.15, 0.2) is 0 Å². The summed E-state index contributed by atoms with van der Waals surface area (Å²) < 4.78 is 1.51. The van der Waals surface area contributed by atoms with Gasteiger partial charge in [-0.05, 0) is 23.3 Å². The van der Waals surface area contributed by atoms with Gasteiger partial charge in [0.25, 0.3) is 4.96 Å². The molecule has 27 heavy (non-hydrogen) atoms. The van der Waals surface area contributed by atoms with Crippen molar-refractivity contribution < 1.29 is 9.72 Å². The van der Waals surface area contributed by atoms with Crippen molar-refractivity contribution in [2.45, 2.75) is 19.4 Å². The fourth-order valence-corrected chi connectivity index (χ4v) is 4.13. The van der Waals surface area contributed by atoms with Crippen LogP contribution in [-0.4, -0.2) is 33.3 Å². The molecule has 8 nitrogen and oxygen atoms in total. The number of hydrogen-bond donors (Lipinski definition) is 1. The predicted octanol–water partition coefficient (Wildman–Crippen LogP) is 2.84. The lowest BCUT2D eigenvalue weighted by molar-refractivity contribution is -0.389. The van der Waals surface area contributed by atoms with Crippen LogP contribution in [0.3, 0.4) is 0 Å². The lowest BCUT2D eigenvalue weighted by atomic mass is 9.96. The molecule has 0 unspecified atom stereocenters. The highest BCUT2D eigenvalue weighted by molar-refractivity contribution is 7.15. The van der Waals surface area contributed by atoms with Crippen LogP contribution in [0.15, 0.2) is 41.9 Å². The Kier molecular flexibility index (Phi) is 4.76. The summed E-state index contributed by atoms with van der Waals surface area (Å²) in [5.41, 5.74) is 1.07. The molecule has 0 spiro atoms. The Morgan fingerprint density at radius 3 is 2.74 bits per heavy atom. The number of carbonyl (C=O) groups is 1. The summed E-state index contributed by atoms with van der Waals surface area (Å²) in [6, 6.07) is 9.80. The minimum atomic E-state index is -0.388. The van der Waals surface area contributed by atoms with Gasteiger partial charge in [-0.3, -0.25) is 4.79 Å². The number of anilines is 1. The van der Waals surface area contributed by atoms with E-state index >= 15 is 0 Å². The molecule has 9 heteroatoms. The van der Waals surface area contributed by atoms with Gasteiger partial charge in [0.2, 0.25) is 11.7 Å². The van der Waals surface area contributed by atoms with Gasteiger partial charge < -0.3 is 20.3 Å². The fraction of sp³-hybridized carbons (Fsp3) is 0.333. The first kappa shape index (κ1) is 17.5. The third-order valence-corrected chi connectivity index (χ3v) is 5.62. The number of rotatable bonds is 5. The van der Waals surface area contributed by atoms with Crippen LogP contribution < -0.4 is 10.2 Å². The summed E-state index contributed by atoms with van der Waals surface area (Å²) in [5, 5.41) is 16.3. The van der Waals surface area contributed by atoms with E-state index in [9.17, 15) is 14.9 Å². The smallest absolute Gasteiger partial charge is 0.358 e. The average Bonchev–Trinajstić information content (AvgIpc) is 3.28. The summed E-state index contributed by atoms with van der Waals surface area (Å²) in [5.74, 6) is 0.361. The first-order chi connectivity index (χ1) is 13.1. The zero-order valence-electron chi connectivity index (χ0n) is 14.6. The summed E-state index contributed by atoms with van der Waals surface area (Å²) in [6.45, 7) is 1.67. The quantitative estimate of drug-likeness (QED) is 0.538. The predicted molar refractivity (Wildman–Crippen MR) is 103 cm³/mol. The average molecular weight is 385 g/mol. The number of benzene rings is 1. The molecular formula is C18H19N5O3S. The second-order valence-corrected chi connectivity index (χ2v) is 7.41. The van der Waals surface area contributed by atoms with Gasteiger partial charge in [-0.15, -0.1) is 0 Å². The Morgan fingerprint density at radius 1 is 1.30 bits per heavy atom. The van der Waals surface area contributed by atoms with Gasteiger partial charge in [0.1, 0.15) is 6.20 Å². The number of aromatic nitrogens is 2. The molecule has 2 aromatic heterocycles. The van der Waals surface area contributed by atoms with Crippen molar-refractivity contribution in [1.29, 1.82) is 0 Å². The third kappa shape index (κ3) is 3.50. The molecule has 1 N–H and O–H groups in total. The molecule has 3 aromatic rings. The zero-order chi connectivity index (χ0) is 18.8. The number of fused-ring (bicyclic) bond motifs is 1. The van der Waals surface area contributed by atoms with Crippen LogP contribution in [0.25, 0.3) is 4.96 Å². The van der Waals surface area contributed by atoms with E-state index in [-0.39, 0.29) is 22.6 Å². The van der Waals surface area contributed by atoms with Crippen LogP contribution in [0, 0.1) is 16.0 Å². The Morgan fingerprint density at radius 2 is 2.04 bits per heavy atom. The van der Waals surface area contributed by atoms with E-state index in [1.165, 1.54) is 15.7 Å². The maximum absolute atomic E-state index is 12.4. The molecule has 0 aliphatic carbocycles. The van der Waals surface area contributed by atoms with E-state index in [0.29, 0.717) is 43.3 Å². The van der Waals surface area contributed by atoms with E-state index in [4.69, 9.17) is 0 Å². The van der Waals surface area contributed by atoms with E-state index in [0.717, 1.165) is 5.56 Å². The molecule has 1 aromatic carbocycles. The molecule has 0 saturated carbocycles. The molecule has 4 rings (SSSR count). The fourth-order valence-electron chi connectivity index (χ4n) is 3.43. The third-order valence-electron chi connectivity index (χ3n) is 4.87. The van der Waals surface area contributed by atoms with Gasteiger partial charge in [0, 0.05) is 30.9 Å². The number of piperidine rings is 1. The molecule has 0 atom stereocenters. The van der Waals surface area contributed by atoms with E-state index < -0.39 is 0 Å². The summed E-state index contributed by atoms with van der Waals surface area (Å²) >= 11 is 1.37. The van der Waals surface area contributed by atoms with Gasteiger partial charge in [-0.25, -0.2) is 0 Å². The van der Waals surface area contributed by atoms with Crippen LogP contribution in [0.4, 0.5) is 11.6 Å². The molecule has 1 amide bonds. The van der Waals surface area contributed by atoms with E-state index in [1.54, 1.807) is 11.6 Å². The minimum absolute atomic E-state index is 0.00164. The van der Waals surface area contributed by atoms with Gasteiger partial charge in [-0.1, -0.05) is 41.7 Å². The monoisotopic (exact) mass is 385 g/mol. The summed E-state index contributed by atoms with van der Waals surface area (Å²) in [4.78, 5) is 30.5. The first-order valence-electron chi connectivity index (χ1n) is 8.80. The minimum Gasteiger partial charge on any atom is -0.358 e. The van der Waals surface area contributed by atoms with Gasteiger partial charge >= 0.3 is 5.82 Å². The number of nitrogens with one attached hydrogen (secondary N) is 1. The number of thiazole rings is 1. The summed E-state index contributed by atoms with van der Waals surface area (Å²) in [6.07, 6.45) is 2.98. The Bertz CT molecular complexity index is 960. The maximum atomic E-state index is 12.4. The lowest BCUT2D eigenvalue weighted by Crippen LogP contribution is -2.40. The molecule has 1 aliphatic heterocycles. The Balaban J connectivity index is 1.39. The normalized spacial score (nSPS) is 15.2. The summed E-state index contributed by atoms with van der Waals surface area (Å²) in [7, 11) is 0. The number of amides is 1. The van der Waals surface area contributed by atoms with Crippen molar-refractivity contribution in [1.82, 2.24) is 14.7 Å². The van der Waals surface area contributed by atoms with Crippen LogP contribution in [0.5, 0.6) is 0 Å². The second-order valence-electron chi connectivity index (χ2n) is 6.54. The largest absolute Gasteiger partial charge is 0.373 e. The molecular weight excluding hydrogens is 366 g/mol. The van der Waals surface area contributed by atoms with Crippen LogP contribution in [-0.2, 0) is 11.3 Å². The highest BCUT2D eigenvalue weighted by atomic mass is 32.1. The van der Waals surface area contributed by atoms with Crippen molar-refractivity contribution >= 4 is 33.8 Å². The van der Waals surface area contributed by atoms with Crippen molar-refractivity contribution in [2.24, 2.45) is 5.92 Å². The number of imidazole rings is 1. The molecule has 1 aliphatic rings. The number of nitrogens with zero attached hydrogens (tertiary/aromatic N) is 4. The van der Waals surface area contributed by atoms with Crippen LogP contribution in [0.2, 0.25) is 0 Å². The van der Waals surface area contributed by atoms with Gasteiger partial charge in [0.05, 0.1) is 0 Å². The zero-order valence-corrected chi connectivity index (χ0v) is 15.4. The second kappa shape index (κ2) is 7.36. The Labute approximate surface area is 159 Å². The molecule has 140 valence electrons. The van der Waals surface area contributed by atoms with Crippen LogP contribution in [0.1, 0.15) is 18.4 Å². The molecule has 0 bridgehead atoms.